The number of non-ortho nitro benzene ring substituents is 1. The summed E-state index contributed by atoms with van der Waals surface area (Å²) < 4.78 is 0. The van der Waals surface area contributed by atoms with Gasteiger partial charge in [-0.25, -0.2) is 0 Å². The fourth-order valence-corrected chi connectivity index (χ4v) is 2.10. The third kappa shape index (κ3) is 2.69. The molecule has 0 saturated heterocycles. The van der Waals surface area contributed by atoms with Gasteiger partial charge in [0, 0.05) is 12.1 Å². The monoisotopic (exact) mass is 217 g/mol. The molecule has 0 aliphatic heterocycles. The molecule has 0 spiro atoms. The molecular formula is C13H15NO2. The quantitative estimate of drug-likeness (QED) is 0.571. The number of rotatable bonds is 3. The molecule has 2 rings (SSSR count). The Morgan fingerprint density at radius 2 is 1.81 bits per heavy atom. The number of benzene rings is 1. The highest BCUT2D eigenvalue weighted by Gasteiger charge is 2.11. The molecule has 0 bridgehead atoms. The standard InChI is InChI=1S/C13H15NO2/c15-14(16)13-9-7-12(8-10-13)6-5-11-3-1-2-4-11/h5-11H,1-4H2/b6-5+. The maximum atomic E-state index is 10.5. The summed E-state index contributed by atoms with van der Waals surface area (Å²) in [5.41, 5.74) is 1.19. The van der Waals surface area contributed by atoms with E-state index >= 15 is 0 Å². The van der Waals surface area contributed by atoms with Crippen molar-refractivity contribution in [3.05, 3.63) is 46.0 Å². The van der Waals surface area contributed by atoms with Crippen molar-refractivity contribution in [2.75, 3.05) is 0 Å². The Labute approximate surface area is 94.9 Å². The molecule has 0 radical (unpaired) electrons. The zero-order valence-corrected chi connectivity index (χ0v) is 9.13. The van der Waals surface area contributed by atoms with Crippen LogP contribution in [0.1, 0.15) is 31.2 Å². The first kappa shape index (κ1) is 10.9. The summed E-state index contributed by atoms with van der Waals surface area (Å²) in [6.45, 7) is 0. The largest absolute Gasteiger partial charge is 0.269 e. The van der Waals surface area contributed by atoms with Gasteiger partial charge >= 0.3 is 0 Å². The number of hydrogen-bond acceptors (Lipinski definition) is 2. The lowest BCUT2D eigenvalue weighted by molar-refractivity contribution is -0.384. The van der Waals surface area contributed by atoms with E-state index < -0.39 is 0 Å². The highest BCUT2D eigenvalue weighted by molar-refractivity contribution is 5.52. The molecule has 0 amide bonds. The van der Waals surface area contributed by atoms with E-state index in [4.69, 9.17) is 0 Å². The summed E-state index contributed by atoms with van der Waals surface area (Å²) in [6.07, 6.45) is 9.52. The normalized spacial score (nSPS) is 17.0. The predicted octanol–water partition coefficient (Wildman–Crippen LogP) is 3.80. The zero-order valence-electron chi connectivity index (χ0n) is 9.13. The molecule has 1 aromatic rings. The first-order valence-electron chi connectivity index (χ1n) is 5.68. The second kappa shape index (κ2) is 4.92. The molecule has 0 atom stereocenters. The molecule has 1 fully saturated rings. The third-order valence-electron chi connectivity index (χ3n) is 3.06. The molecule has 84 valence electrons. The molecule has 1 aliphatic carbocycles. The van der Waals surface area contributed by atoms with Crippen LogP contribution in [0.2, 0.25) is 0 Å². The van der Waals surface area contributed by atoms with Crippen molar-refractivity contribution in [3.8, 4) is 0 Å². The van der Waals surface area contributed by atoms with Crippen molar-refractivity contribution in [1.29, 1.82) is 0 Å². The van der Waals surface area contributed by atoms with Crippen LogP contribution in [0.25, 0.3) is 6.08 Å². The molecule has 1 aromatic carbocycles. The Kier molecular flexibility index (Phi) is 3.34. The minimum absolute atomic E-state index is 0.151. The Hall–Kier alpha value is -1.64. The van der Waals surface area contributed by atoms with E-state index in [-0.39, 0.29) is 10.6 Å². The van der Waals surface area contributed by atoms with E-state index in [1.54, 1.807) is 24.3 Å². The van der Waals surface area contributed by atoms with Gasteiger partial charge < -0.3 is 0 Å². The fraction of sp³-hybridized carbons (Fsp3) is 0.385. The van der Waals surface area contributed by atoms with Crippen molar-refractivity contribution in [1.82, 2.24) is 0 Å². The van der Waals surface area contributed by atoms with E-state index in [0.717, 1.165) is 5.56 Å². The summed E-state index contributed by atoms with van der Waals surface area (Å²) in [5.74, 6) is 0.704. The first-order chi connectivity index (χ1) is 7.75. The molecule has 3 heteroatoms. The van der Waals surface area contributed by atoms with Crippen LogP contribution in [0.15, 0.2) is 30.3 Å². The SMILES string of the molecule is O=[N+]([O-])c1ccc(/C=C/C2CCCC2)cc1. The Morgan fingerprint density at radius 3 is 2.38 bits per heavy atom. The molecule has 3 nitrogen and oxygen atoms in total. The molecule has 0 heterocycles. The van der Waals surface area contributed by atoms with Crippen LogP contribution in [-0.2, 0) is 0 Å². The van der Waals surface area contributed by atoms with Crippen molar-refractivity contribution in [2.24, 2.45) is 5.92 Å². The number of hydrogen-bond donors (Lipinski definition) is 0. The molecule has 1 aliphatic rings. The number of allylic oxidation sites excluding steroid dienone is 1. The lowest BCUT2D eigenvalue weighted by atomic mass is 10.1. The number of nitro benzene ring substituents is 1. The zero-order chi connectivity index (χ0) is 11.4. The lowest BCUT2D eigenvalue weighted by Gasteiger charge is -2.00. The minimum atomic E-state index is -0.371. The first-order valence-corrected chi connectivity index (χ1v) is 5.68. The van der Waals surface area contributed by atoms with Crippen LogP contribution >= 0.6 is 0 Å². The molecular weight excluding hydrogens is 202 g/mol. The second-order valence-corrected chi connectivity index (χ2v) is 4.25. The van der Waals surface area contributed by atoms with Crippen LogP contribution in [0.4, 0.5) is 5.69 Å². The minimum Gasteiger partial charge on any atom is -0.258 e. The van der Waals surface area contributed by atoms with Gasteiger partial charge in [0.15, 0.2) is 0 Å². The van der Waals surface area contributed by atoms with Crippen molar-refractivity contribution < 1.29 is 4.92 Å². The topological polar surface area (TPSA) is 43.1 Å². The lowest BCUT2D eigenvalue weighted by Crippen LogP contribution is -1.87. The smallest absolute Gasteiger partial charge is 0.258 e. The summed E-state index contributed by atoms with van der Waals surface area (Å²) in [4.78, 5) is 10.1. The summed E-state index contributed by atoms with van der Waals surface area (Å²) in [5, 5.41) is 10.5. The Bertz CT molecular complexity index is 389. The molecule has 0 N–H and O–H groups in total. The van der Waals surface area contributed by atoms with Crippen molar-refractivity contribution in [2.45, 2.75) is 25.7 Å². The maximum absolute atomic E-state index is 10.5. The third-order valence-corrected chi connectivity index (χ3v) is 3.06. The van der Waals surface area contributed by atoms with Crippen LogP contribution in [0.3, 0.4) is 0 Å². The van der Waals surface area contributed by atoms with Gasteiger partial charge in [-0.3, -0.25) is 10.1 Å². The van der Waals surface area contributed by atoms with Gasteiger partial charge in [0.05, 0.1) is 4.92 Å². The van der Waals surface area contributed by atoms with E-state index in [1.165, 1.54) is 25.7 Å². The van der Waals surface area contributed by atoms with Crippen LogP contribution in [-0.4, -0.2) is 4.92 Å². The molecule has 0 aromatic heterocycles. The van der Waals surface area contributed by atoms with Gasteiger partial charge in [0.1, 0.15) is 0 Å². The average molecular weight is 217 g/mol. The van der Waals surface area contributed by atoms with E-state index in [2.05, 4.69) is 12.2 Å². The summed E-state index contributed by atoms with van der Waals surface area (Å²) in [6, 6.07) is 6.69. The average Bonchev–Trinajstić information content (AvgIpc) is 2.80. The van der Waals surface area contributed by atoms with E-state index in [0.29, 0.717) is 5.92 Å². The van der Waals surface area contributed by atoms with Gasteiger partial charge in [-0.2, -0.15) is 0 Å². The van der Waals surface area contributed by atoms with Gasteiger partial charge in [-0.05, 0) is 36.5 Å². The molecule has 16 heavy (non-hydrogen) atoms. The van der Waals surface area contributed by atoms with Gasteiger partial charge in [-0.15, -0.1) is 0 Å². The highest BCUT2D eigenvalue weighted by atomic mass is 16.6. The van der Waals surface area contributed by atoms with Crippen molar-refractivity contribution >= 4 is 11.8 Å². The van der Waals surface area contributed by atoms with Crippen LogP contribution < -0.4 is 0 Å². The number of nitro groups is 1. The van der Waals surface area contributed by atoms with Crippen molar-refractivity contribution in [3.63, 3.8) is 0 Å². The van der Waals surface area contributed by atoms with Gasteiger partial charge in [-0.1, -0.05) is 25.0 Å². The molecule has 0 unspecified atom stereocenters. The van der Waals surface area contributed by atoms with Crippen LogP contribution in [0.5, 0.6) is 0 Å². The van der Waals surface area contributed by atoms with Gasteiger partial charge in [0.25, 0.3) is 5.69 Å². The molecule has 1 saturated carbocycles. The fourth-order valence-electron chi connectivity index (χ4n) is 2.10. The van der Waals surface area contributed by atoms with E-state index in [1.807, 2.05) is 0 Å². The van der Waals surface area contributed by atoms with Crippen LogP contribution in [0, 0.1) is 16.0 Å². The second-order valence-electron chi connectivity index (χ2n) is 4.25. The van der Waals surface area contributed by atoms with E-state index in [9.17, 15) is 10.1 Å². The maximum Gasteiger partial charge on any atom is 0.269 e. The summed E-state index contributed by atoms with van der Waals surface area (Å²) in [7, 11) is 0. The Balaban J connectivity index is 2.01. The number of nitrogens with zero attached hydrogens (tertiary/aromatic N) is 1. The Morgan fingerprint density at radius 1 is 1.19 bits per heavy atom. The van der Waals surface area contributed by atoms with Gasteiger partial charge in [0.2, 0.25) is 0 Å². The summed E-state index contributed by atoms with van der Waals surface area (Å²) >= 11 is 0. The predicted molar refractivity (Wildman–Crippen MR) is 64.1 cm³/mol. The highest BCUT2D eigenvalue weighted by Crippen LogP contribution is 2.26.